The van der Waals surface area contributed by atoms with Crippen LogP contribution in [0.1, 0.15) is 40.0 Å². The average molecular weight is 388 g/mol. The fraction of sp³-hybridized carbons (Fsp3) is 0.333. The van der Waals surface area contributed by atoms with Crippen molar-refractivity contribution in [3.8, 4) is 0 Å². The lowest BCUT2D eigenvalue weighted by Gasteiger charge is -2.20. The molecular formula is C21H26ClN3O2. The molecule has 1 saturated carbocycles. The van der Waals surface area contributed by atoms with Crippen molar-refractivity contribution < 1.29 is 9.59 Å². The lowest BCUT2D eigenvalue weighted by Crippen LogP contribution is -2.40. The first-order valence-electron chi connectivity index (χ1n) is 9.04. The number of benzene rings is 2. The second kappa shape index (κ2) is 9.53. The topological polar surface area (TPSA) is 75.4 Å². The standard InChI is InChI=1S/C21H25N3O2.ClH/c1-24(18-10-3-2-4-11-18)21(26)16-8-5-7-15(13-16)20(25)23-19-12-6-9-17(19)14-22;/h2-5,7-8,10-11,13,17,19H,6,9,12,14,22H2,1H3,(H,23,25);1H. The van der Waals surface area contributed by atoms with Gasteiger partial charge in [0.15, 0.2) is 0 Å². The largest absolute Gasteiger partial charge is 0.349 e. The fourth-order valence-corrected chi connectivity index (χ4v) is 3.52. The van der Waals surface area contributed by atoms with Crippen molar-refractivity contribution in [1.82, 2.24) is 5.32 Å². The predicted octanol–water partition coefficient (Wildman–Crippen LogP) is 3.24. The molecule has 1 aliphatic rings. The predicted molar refractivity (Wildman–Crippen MR) is 111 cm³/mol. The van der Waals surface area contributed by atoms with E-state index >= 15 is 0 Å². The van der Waals surface area contributed by atoms with E-state index < -0.39 is 0 Å². The summed E-state index contributed by atoms with van der Waals surface area (Å²) in [7, 11) is 1.73. The van der Waals surface area contributed by atoms with Gasteiger partial charge in [0.25, 0.3) is 11.8 Å². The SMILES string of the molecule is CN(C(=O)c1cccc(C(=O)NC2CCCC2CN)c1)c1ccccc1.Cl. The van der Waals surface area contributed by atoms with Gasteiger partial charge in [-0.25, -0.2) is 0 Å². The zero-order valence-electron chi connectivity index (χ0n) is 15.4. The number of carbonyl (C=O) groups is 2. The third kappa shape index (κ3) is 4.87. The average Bonchev–Trinajstić information content (AvgIpc) is 3.14. The number of halogens is 1. The van der Waals surface area contributed by atoms with Crippen LogP contribution in [0.5, 0.6) is 0 Å². The molecule has 2 atom stereocenters. The first-order chi connectivity index (χ1) is 12.6. The number of amides is 2. The van der Waals surface area contributed by atoms with E-state index in [9.17, 15) is 9.59 Å². The van der Waals surface area contributed by atoms with Crippen LogP contribution in [0.15, 0.2) is 54.6 Å². The van der Waals surface area contributed by atoms with Crippen LogP contribution >= 0.6 is 12.4 Å². The highest BCUT2D eigenvalue weighted by atomic mass is 35.5. The maximum Gasteiger partial charge on any atom is 0.258 e. The highest BCUT2D eigenvalue weighted by Crippen LogP contribution is 2.25. The monoisotopic (exact) mass is 387 g/mol. The van der Waals surface area contributed by atoms with Gasteiger partial charge >= 0.3 is 0 Å². The minimum Gasteiger partial charge on any atom is -0.349 e. The van der Waals surface area contributed by atoms with Gasteiger partial charge in [-0.3, -0.25) is 9.59 Å². The van der Waals surface area contributed by atoms with E-state index in [-0.39, 0.29) is 30.3 Å². The van der Waals surface area contributed by atoms with Crippen LogP contribution in [0.2, 0.25) is 0 Å². The molecule has 3 rings (SSSR count). The van der Waals surface area contributed by atoms with Crippen molar-refractivity contribution in [2.24, 2.45) is 11.7 Å². The van der Waals surface area contributed by atoms with Gasteiger partial charge in [-0.2, -0.15) is 0 Å². The van der Waals surface area contributed by atoms with Crippen LogP contribution in [0.25, 0.3) is 0 Å². The molecule has 144 valence electrons. The van der Waals surface area contributed by atoms with Gasteiger partial charge in [-0.1, -0.05) is 30.7 Å². The molecule has 2 amide bonds. The molecule has 27 heavy (non-hydrogen) atoms. The summed E-state index contributed by atoms with van der Waals surface area (Å²) in [6.45, 7) is 0.589. The third-order valence-electron chi connectivity index (χ3n) is 5.10. The van der Waals surface area contributed by atoms with Crippen molar-refractivity contribution in [2.75, 3.05) is 18.5 Å². The van der Waals surface area contributed by atoms with Gasteiger partial charge in [0, 0.05) is 29.9 Å². The van der Waals surface area contributed by atoms with Crippen molar-refractivity contribution in [1.29, 1.82) is 0 Å². The Hall–Kier alpha value is -2.37. The highest BCUT2D eigenvalue weighted by molar-refractivity contribution is 6.07. The Morgan fingerprint density at radius 1 is 1.07 bits per heavy atom. The zero-order valence-corrected chi connectivity index (χ0v) is 16.2. The number of rotatable bonds is 5. The normalized spacial score (nSPS) is 18.4. The van der Waals surface area contributed by atoms with Gasteiger partial charge in [0.2, 0.25) is 0 Å². The van der Waals surface area contributed by atoms with E-state index in [0.717, 1.165) is 24.9 Å². The second-order valence-corrected chi connectivity index (χ2v) is 6.79. The molecule has 0 saturated heterocycles. The Morgan fingerprint density at radius 3 is 2.48 bits per heavy atom. The summed E-state index contributed by atoms with van der Waals surface area (Å²) in [4.78, 5) is 26.9. The van der Waals surface area contributed by atoms with E-state index in [1.54, 1.807) is 36.2 Å². The van der Waals surface area contributed by atoms with Crippen LogP contribution in [0.3, 0.4) is 0 Å². The second-order valence-electron chi connectivity index (χ2n) is 6.79. The summed E-state index contributed by atoms with van der Waals surface area (Å²) in [6.07, 6.45) is 3.11. The van der Waals surface area contributed by atoms with Crippen LogP contribution in [0.4, 0.5) is 5.69 Å². The lowest BCUT2D eigenvalue weighted by atomic mass is 10.0. The summed E-state index contributed by atoms with van der Waals surface area (Å²) >= 11 is 0. The number of para-hydroxylation sites is 1. The Morgan fingerprint density at radius 2 is 1.78 bits per heavy atom. The van der Waals surface area contributed by atoms with Crippen LogP contribution in [0, 0.1) is 5.92 Å². The molecule has 2 unspecified atom stereocenters. The first-order valence-corrected chi connectivity index (χ1v) is 9.04. The molecule has 2 aromatic rings. The number of nitrogens with two attached hydrogens (primary N) is 1. The molecule has 0 aliphatic heterocycles. The first kappa shape index (κ1) is 20.9. The maximum atomic E-state index is 12.7. The number of hydrogen-bond acceptors (Lipinski definition) is 3. The number of nitrogens with zero attached hydrogens (tertiary/aromatic N) is 1. The summed E-state index contributed by atoms with van der Waals surface area (Å²) in [5.41, 5.74) is 7.59. The number of anilines is 1. The molecule has 6 heteroatoms. The minimum absolute atomic E-state index is 0. The summed E-state index contributed by atoms with van der Waals surface area (Å²) < 4.78 is 0. The van der Waals surface area contributed by atoms with Crippen molar-refractivity contribution >= 4 is 29.9 Å². The summed E-state index contributed by atoms with van der Waals surface area (Å²) in [5.74, 6) is 0.0480. The summed E-state index contributed by atoms with van der Waals surface area (Å²) in [5, 5.41) is 3.08. The van der Waals surface area contributed by atoms with Gasteiger partial charge in [0.05, 0.1) is 0 Å². The Labute approximate surface area is 166 Å². The van der Waals surface area contributed by atoms with E-state index in [1.165, 1.54) is 0 Å². The molecular weight excluding hydrogens is 362 g/mol. The quantitative estimate of drug-likeness (QED) is 0.826. The Balaban J connectivity index is 0.00000261. The Bertz CT molecular complexity index is 782. The van der Waals surface area contributed by atoms with Crippen LogP contribution in [-0.4, -0.2) is 31.4 Å². The molecule has 1 fully saturated rings. The van der Waals surface area contributed by atoms with E-state index in [1.807, 2.05) is 30.3 Å². The van der Waals surface area contributed by atoms with E-state index in [4.69, 9.17) is 5.73 Å². The molecule has 3 N–H and O–H groups in total. The van der Waals surface area contributed by atoms with Gasteiger partial charge in [-0.05, 0) is 55.6 Å². The molecule has 0 aromatic heterocycles. The lowest BCUT2D eigenvalue weighted by molar-refractivity contribution is 0.0928. The van der Waals surface area contributed by atoms with Crippen molar-refractivity contribution in [3.63, 3.8) is 0 Å². The third-order valence-corrected chi connectivity index (χ3v) is 5.10. The zero-order chi connectivity index (χ0) is 18.5. The maximum absolute atomic E-state index is 12.7. The molecule has 5 nitrogen and oxygen atoms in total. The smallest absolute Gasteiger partial charge is 0.258 e. The van der Waals surface area contributed by atoms with Crippen LogP contribution < -0.4 is 16.0 Å². The van der Waals surface area contributed by atoms with E-state index in [2.05, 4.69) is 5.32 Å². The molecule has 0 bridgehead atoms. The molecule has 2 aromatic carbocycles. The number of carbonyl (C=O) groups excluding carboxylic acids is 2. The van der Waals surface area contributed by atoms with Gasteiger partial charge in [-0.15, -0.1) is 12.4 Å². The molecule has 0 radical (unpaired) electrons. The summed E-state index contributed by atoms with van der Waals surface area (Å²) in [6, 6.07) is 16.4. The van der Waals surface area contributed by atoms with Crippen molar-refractivity contribution in [2.45, 2.75) is 25.3 Å². The molecule has 1 aliphatic carbocycles. The van der Waals surface area contributed by atoms with Crippen LogP contribution in [-0.2, 0) is 0 Å². The minimum atomic E-state index is -0.147. The molecule has 0 spiro atoms. The van der Waals surface area contributed by atoms with Gasteiger partial charge < -0.3 is 16.0 Å². The number of nitrogens with one attached hydrogen (secondary N) is 1. The van der Waals surface area contributed by atoms with Crippen molar-refractivity contribution in [3.05, 3.63) is 65.7 Å². The van der Waals surface area contributed by atoms with E-state index in [0.29, 0.717) is 23.6 Å². The number of hydrogen-bond donors (Lipinski definition) is 2. The molecule has 0 heterocycles. The van der Waals surface area contributed by atoms with Gasteiger partial charge in [0.1, 0.15) is 0 Å². The Kier molecular flexibility index (Phi) is 7.39. The highest BCUT2D eigenvalue weighted by Gasteiger charge is 2.27. The fourth-order valence-electron chi connectivity index (χ4n) is 3.52.